The highest BCUT2D eigenvalue weighted by Gasteiger charge is 2.37. The predicted octanol–water partition coefficient (Wildman–Crippen LogP) is 2.02. The third-order valence-corrected chi connectivity index (χ3v) is 6.43. The molecule has 0 amide bonds. The van der Waals surface area contributed by atoms with Crippen LogP contribution in [0.5, 0.6) is 0 Å². The average Bonchev–Trinajstić information content (AvgIpc) is 2.41. The summed E-state index contributed by atoms with van der Waals surface area (Å²) in [6.07, 6.45) is 2.98. The Kier molecular flexibility index (Phi) is 3.84. The van der Waals surface area contributed by atoms with Gasteiger partial charge in [0.2, 0.25) is 10.0 Å². The van der Waals surface area contributed by atoms with E-state index in [1.54, 1.807) is 0 Å². The van der Waals surface area contributed by atoms with E-state index in [2.05, 4.69) is 0 Å². The van der Waals surface area contributed by atoms with Gasteiger partial charge in [-0.25, -0.2) is 12.8 Å². The van der Waals surface area contributed by atoms with Gasteiger partial charge in [0.25, 0.3) is 0 Å². The van der Waals surface area contributed by atoms with Crippen molar-refractivity contribution >= 4 is 21.7 Å². The lowest BCUT2D eigenvalue weighted by molar-refractivity contribution is -0.141. The van der Waals surface area contributed by atoms with Gasteiger partial charge in [-0.3, -0.25) is 9.10 Å². The minimum Gasteiger partial charge on any atom is -0.481 e. The maximum absolute atomic E-state index is 13.4. The molecule has 2 aliphatic rings. The summed E-state index contributed by atoms with van der Waals surface area (Å²) in [7, 11) is -3.59. The van der Waals surface area contributed by atoms with Crippen molar-refractivity contribution in [1.82, 2.24) is 0 Å². The van der Waals surface area contributed by atoms with Crippen LogP contribution in [0.1, 0.15) is 24.8 Å². The van der Waals surface area contributed by atoms with Gasteiger partial charge in [-0.15, -0.1) is 0 Å². The van der Waals surface area contributed by atoms with Crippen molar-refractivity contribution in [3.63, 3.8) is 0 Å². The lowest BCUT2D eigenvalue weighted by Crippen LogP contribution is -2.45. The second kappa shape index (κ2) is 5.53. The van der Waals surface area contributed by atoms with Gasteiger partial charge >= 0.3 is 5.97 Å². The molecular formula is C15H18FNO4S. The van der Waals surface area contributed by atoms with E-state index in [4.69, 9.17) is 0 Å². The molecule has 1 aliphatic carbocycles. The summed E-state index contributed by atoms with van der Waals surface area (Å²) in [6.45, 7) is -0.0803. The molecule has 7 heteroatoms. The summed E-state index contributed by atoms with van der Waals surface area (Å²) in [5.41, 5.74) is 0.856. The van der Waals surface area contributed by atoms with Crippen LogP contribution in [0, 0.1) is 17.7 Å². The van der Waals surface area contributed by atoms with Crippen molar-refractivity contribution in [2.45, 2.75) is 25.7 Å². The van der Waals surface area contributed by atoms with Crippen LogP contribution in [0.25, 0.3) is 0 Å². The molecule has 1 aliphatic heterocycles. The molecule has 120 valence electrons. The molecule has 1 heterocycles. The lowest BCUT2D eigenvalue weighted by Gasteiger charge is -2.35. The average molecular weight is 327 g/mol. The van der Waals surface area contributed by atoms with E-state index in [-0.39, 0.29) is 24.6 Å². The van der Waals surface area contributed by atoms with Gasteiger partial charge in [-0.05, 0) is 48.9 Å². The molecule has 1 unspecified atom stereocenters. The lowest BCUT2D eigenvalue weighted by atomic mass is 9.87. The number of sulfonamides is 1. The van der Waals surface area contributed by atoms with E-state index in [1.165, 1.54) is 22.5 Å². The normalized spacial score (nSPS) is 22.0. The third kappa shape index (κ3) is 2.82. The zero-order valence-electron chi connectivity index (χ0n) is 12.0. The zero-order valence-corrected chi connectivity index (χ0v) is 12.9. The summed E-state index contributed by atoms with van der Waals surface area (Å²) < 4.78 is 39.9. The quantitative estimate of drug-likeness (QED) is 0.918. The third-order valence-electron chi connectivity index (χ3n) is 4.52. The Labute approximate surface area is 128 Å². The van der Waals surface area contributed by atoms with Crippen LogP contribution in [-0.4, -0.2) is 31.8 Å². The van der Waals surface area contributed by atoms with E-state index < -0.39 is 27.7 Å². The second-order valence-electron chi connectivity index (χ2n) is 6.12. The number of carboxylic acids is 1. The van der Waals surface area contributed by atoms with Gasteiger partial charge < -0.3 is 5.11 Å². The van der Waals surface area contributed by atoms with Gasteiger partial charge in [-0.2, -0.15) is 0 Å². The number of nitrogens with zero attached hydrogens (tertiary/aromatic N) is 1. The Morgan fingerprint density at radius 1 is 1.36 bits per heavy atom. The van der Waals surface area contributed by atoms with E-state index in [0.29, 0.717) is 11.3 Å². The number of fused-ring (bicyclic) bond motifs is 1. The molecule has 1 N–H and O–H groups in total. The fourth-order valence-corrected chi connectivity index (χ4v) is 5.06. The van der Waals surface area contributed by atoms with Crippen LogP contribution in [-0.2, 0) is 21.2 Å². The highest BCUT2D eigenvalue weighted by atomic mass is 32.2. The van der Waals surface area contributed by atoms with Crippen molar-refractivity contribution in [3.05, 3.63) is 29.6 Å². The van der Waals surface area contributed by atoms with Crippen molar-refractivity contribution in [2.75, 3.05) is 16.6 Å². The Morgan fingerprint density at radius 2 is 2.09 bits per heavy atom. The van der Waals surface area contributed by atoms with Gasteiger partial charge in [-0.1, -0.05) is 6.42 Å². The van der Waals surface area contributed by atoms with Gasteiger partial charge in [0.05, 0.1) is 17.4 Å². The van der Waals surface area contributed by atoms with Crippen LogP contribution in [0.15, 0.2) is 18.2 Å². The van der Waals surface area contributed by atoms with Gasteiger partial charge in [0.15, 0.2) is 0 Å². The van der Waals surface area contributed by atoms with E-state index in [0.717, 1.165) is 19.3 Å². The number of carboxylic acid groups (broad SMARTS) is 1. The van der Waals surface area contributed by atoms with E-state index in [9.17, 15) is 22.7 Å². The maximum atomic E-state index is 13.4. The zero-order chi connectivity index (χ0) is 15.9. The predicted molar refractivity (Wildman–Crippen MR) is 79.7 cm³/mol. The smallest absolute Gasteiger partial charge is 0.308 e. The van der Waals surface area contributed by atoms with Crippen LogP contribution in [0.4, 0.5) is 10.1 Å². The molecule has 0 bridgehead atoms. The van der Waals surface area contributed by atoms with Crippen LogP contribution in [0.2, 0.25) is 0 Å². The molecule has 1 aromatic rings. The van der Waals surface area contributed by atoms with Crippen LogP contribution < -0.4 is 4.31 Å². The first kappa shape index (κ1) is 15.3. The van der Waals surface area contributed by atoms with E-state index >= 15 is 0 Å². The number of benzene rings is 1. The first-order valence-electron chi connectivity index (χ1n) is 7.38. The Hall–Kier alpha value is -1.63. The molecule has 5 nitrogen and oxygen atoms in total. The van der Waals surface area contributed by atoms with Crippen LogP contribution in [0.3, 0.4) is 0 Å². The number of anilines is 1. The number of aliphatic carboxylic acids is 1. The molecule has 1 atom stereocenters. The van der Waals surface area contributed by atoms with Crippen molar-refractivity contribution < 1.29 is 22.7 Å². The fourth-order valence-electron chi connectivity index (χ4n) is 3.07. The number of halogens is 1. The van der Waals surface area contributed by atoms with E-state index in [1.807, 2.05) is 0 Å². The minimum atomic E-state index is -3.59. The van der Waals surface area contributed by atoms with Gasteiger partial charge in [0.1, 0.15) is 5.82 Å². The Bertz CT molecular complexity index is 699. The Balaban J connectivity index is 1.96. The molecule has 0 aromatic heterocycles. The van der Waals surface area contributed by atoms with Crippen LogP contribution >= 0.6 is 0 Å². The number of hydrogen-bond acceptors (Lipinski definition) is 3. The highest BCUT2D eigenvalue weighted by Crippen LogP contribution is 2.35. The standard InChI is InChI=1S/C15H18FNO4S/c16-13-4-5-14-11(7-13)6-12(15(18)19)8-17(14)22(20,21)9-10-2-1-3-10/h4-5,7,10,12H,1-3,6,8-9H2,(H,18,19). The fraction of sp³-hybridized carbons (Fsp3) is 0.533. The second-order valence-corrected chi connectivity index (χ2v) is 8.06. The highest BCUT2D eigenvalue weighted by molar-refractivity contribution is 7.92. The van der Waals surface area contributed by atoms with Crippen molar-refractivity contribution in [2.24, 2.45) is 11.8 Å². The molecule has 1 fully saturated rings. The molecular weight excluding hydrogens is 309 g/mol. The Morgan fingerprint density at radius 3 is 2.68 bits per heavy atom. The first-order chi connectivity index (χ1) is 10.4. The number of carbonyl (C=O) groups is 1. The molecule has 0 radical (unpaired) electrons. The summed E-state index contributed by atoms with van der Waals surface area (Å²) in [4.78, 5) is 11.3. The molecule has 22 heavy (non-hydrogen) atoms. The molecule has 0 saturated heterocycles. The molecule has 0 spiro atoms. The largest absolute Gasteiger partial charge is 0.481 e. The van der Waals surface area contributed by atoms with Gasteiger partial charge in [0, 0.05) is 6.54 Å². The summed E-state index contributed by atoms with van der Waals surface area (Å²) in [5, 5.41) is 9.24. The first-order valence-corrected chi connectivity index (χ1v) is 8.99. The van der Waals surface area contributed by atoms with Crippen molar-refractivity contribution in [3.8, 4) is 0 Å². The molecule has 3 rings (SSSR count). The number of hydrogen-bond donors (Lipinski definition) is 1. The summed E-state index contributed by atoms with van der Waals surface area (Å²) in [5.74, 6) is -2.19. The monoisotopic (exact) mass is 327 g/mol. The molecule has 1 aromatic carbocycles. The maximum Gasteiger partial charge on any atom is 0.308 e. The van der Waals surface area contributed by atoms with Crippen molar-refractivity contribution in [1.29, 1.82) is 0 Å². The minimum absolute atomic E-state index is 0.0379. The summed E-state index contributed by atoms with van der Waals surface area (Å²) in [6, 6.07) is 3.88. The topological polar surface area (TPSA) is 74.7 Å². The SMILES string of the molecule is O=C(O)C1Cc2cc(F)ccc2N(S(=O)(=O)CC2CCC2)C1. The number of rotatable bonds is 4. The molecule has 1 saturated carbocycles. The summed E-state index contributed by atoms with van der Waals surface area (Å²) >= 11 is 0.